The van der Waals surface area contributed by atoms with Crippen molar-refractivity contribution in [3.63, 3.8) is 0 Å². The summed E-state index contributed by atoms with van der Waals surface area (Å²) in [6.45, 7) is 5.70. The second-order valence-corrected chi connectivity index (χ2v) is 8.79. The van der Waals surface area contributed by atoms with Crippen LogP contribution in [0.2, 0.25) is 0 Å². The smallest absolute Gasteiger partial charge is 0.348 e. The third-order valence-corrected chi connectivity index (χ3v) is 6.73. The van der Waals surface area contributed by atoms with E-state index in [0.29, 0.717) is 31.6 Å². The van der Waals surface area contributed by atoms with Gasteiger partial charge in [0.25, 0.3) is 5.56 Å². The number of fused-ring (bicyclic) bond motifs is 1. The van der Waals surface area contributed by atoms with Crippen LogP contribution in [0.15, 0.2) is 46.6 Å². The number of hydrogen-bond acceptors (Lipinski definition) is 8. The number of carbonyl (C=O) groups is 1. The zero-order valence-electron chi connectivity index (χ0n) is 16.6. The highest BCUT2D eigenvalue weighted by Crippen LogP contribution is 2.34. The molecule has 0 aliphatic carbocycles. The molecule has 3 heterocycles. The number of esters is 1. The summed E-state index contributed by atoms with van der Waals surface area (Å²) >= 11 is 2.61. The van der Waals surface area contributed by atoms with Gasteiger partial charge in [0.2, 0.25) is 0 Å². The van der Waals surface area contributed by atoms with Crippen molar-refractivity contribution in [1.82, 2.24) is 24.7 Å². The van der Waals surface area contributed by atoms with Gasteiger partial charge in [0.1, 0.15) is 21.9 Å². The normalized spacial score (nSPS) is 12.2. The Hall–Kier alpha value is -2.98. The van der Waals surface area contributed by atoms with E-state index in [2.05, 4.69) is 20.2 Å². The fraction of sp³-hybridized carbons (Fsp3) is 0.250. The molecule has 1 N–H and O–H groups in total. The summed E-state index contributed by atoms with van der Waals surface area (Å²) in [5.74, 6) is 0.0779. The van der Waals surface area contributed by atoms with Gasteiger partial charge in [-0.1, -0.05) is 30.0 Å². The van der Waals surface area contributed by atoms with Gasteiger partial charge in [-0.3, -0.25) is 9.36 Å². The van der Waals surface area contributed by atoms with Crippen molar-refractivity contribution in [2.75, 3.05) is 6.61 Å². The molecule has 1 atom stereocenters. The second kappa shape index (κ2) is 8.41. The Morgan fingerprint density at radius 3 is 2.83 bits per heavy atom. The van der Waals surface area contributed by atoms with Crippen molar-refractivity contribution in [3.8, 4) is 5.69 Å². The minimum absolute atomic E-state index is 0.192. The Morgan fingerprint density at radius 2 is 2.10 bits per heavy atom. The van der Waals surface area contributed by atoms with Gasteiger partial charge in [0.15, 0.2) is 5.16 Å². The molecular weight excluding hydrogens is 422 g/mol. The fourth-order valence-corrected chi connectivity index (χ4v) is 5.01. The van der Waals surface area contributed by atoms with Crippen LogP contribution in [0.3, 0.4) is 0 Å². The van der Waals surface area contributed by atoms with E-state index in [0.717, 1.165) is 5.69 Å². The van der Waals surface area contributed by atoms with Crippen molar-refractivity contribution in [2.45, 2.75) is 31.2 Å². The van der Waals surface area contributed by atoms with E-state index < -0.39 is 5.97 Å². The molecule has 0 aliphatic rings. The van der Waals surface area contributed by atoms with Crippen LogP contribution in [0.4, 0.5) is 0 Å². The highest BCUT2D eigenvalue weighted by Gasteiger charge is 2.22. The molecule has 0 bridgehead atoms. The van der Waals surface area contributed by atoms with Gasteiger partial charge >= 0.3 is 5.97 Å². The standard InChI is InChI=1S/C20H19N5O3S2/c1-4-28-19(27)15-11(2)14-17(26)22-16(23-18(14)30-15)12(3)29-20-24-21-10-25(20)13-8-6-5-7-9-13/h5-10,12H,4H2,1-3H3,(H,22,23,26)/t12-/m1/s1. The number of rotatable bonds is 6. The van der Waals surface area contributed by atoms with Crippen LogP contribution in [0.1, 0.15) is 40.2 Å². The molecular formula is C20H19N5O3S2. The van der Waals surface area contributed by atoms with Crippen LogP contribution in [0.5, 0.6) is 0 Å². The fourth-order valence-electron chi connectivity index (χ4n) is 3.03. The number of H-pyrrole nitrogens is 1. The number of aromatic nitrogens is 5. The maximum absolute atomic E-state index is 12.7. The number of nitrogens with one attached hydrogen (secondary N) is 1. The van der Waals surface area contributed by atoms with Crippen molar-refractivity contribution in [3.05, 3.63) is 63.3 Å². The average molecular weight is 442 g/mol. The predicted octanol–water partition coefficient (Wildman–Crippen LogP) is 3.90. The number of benzene rings is 1. The van der Waals surface area contributed by atoms with Gasteiger partial charge < -0.3 is 9.72 Å². The maximum Gasteiger partial charge on any atom is 0.348 e. The molecule has 0 radical (unpaired) electrons. The Kier molecular flexibility index (Phi) is 5.69. The highest BCUT2D eigenvalue weighted by molar-refractivity contribution is 7.99. The van der Waals surface area contributed by atoms with Crippen molar-refractivity contribution in [1.29, 1.82) is 0 Å². The van der Waals surface area contributed by atoms with Crippen LogP contribution in [0.25, 0.3) is 15.9 Å². The van der Waals surface area contributed by atoms with Gasteiger partial charge in [0.05, 0.1) is 17.2 Å². The molecule has 30 heavy (non-hydrogen) atoms. The number of aryl methyl sites for hydroxylation is 1. The van der Waals surface area contributed by atoms with Crippen LogP contribution in [0, 0.1) is 6.92 Å². The number of thiophene rings is 1. The van der Waals surface area contributed by atoms with E-state index in [-0.39, 0.29) is 17.4 Å². The zero-order chi connectivity index (χ0) is 21.3. The molecule has 0 saturated carbocycles. The van der Waals surface area contributed by atoms with Gasteiger partial charge in [-0.2, -0.15) is 0 Å². The van der Waals surface area contributed by atoms with Gasteiger partial charge in [0, 0.05) is 5.69 Å². The van der Waals surface area contributed by atoms with Gasteiger partial charge in [-0.25, -0.2) is 9.78 Å². The van der Waals surface area contributed by atoms with Crippen LogP contribution >= 0.6 is 23.1 Å². The molecule has 4 aromatic rings. The van der Waals surface area contributed by atoms with E-state index in [1.165, 1.54) is 23.1 Å². The molecule has 0 amide bonds. The third-order valence-electron chi connectivity index (χ3n) is 4.50. The van der Waals surface area contributed by atoms with E-state index in [4.69, 9.17) is 4.74 Å². The molecule has 4 rings (SSSR count). The third kappa shape index (κ3) is 3.75. The summed E-state index contributed by atoms with van der Waals surface area (Å²) in [7, 11) is 0. The lowest BCUT2D eigenvalue weighted by atomic mass is 10.2. The number of thioether (sulfide) groups is 1. The van der Waals surface area contributed by atoms with E-state index in [1.807, 2.05) is 41.8 Å². The number of nitrogens with zero attached hydrogens (tertiary/aromatic N) is 4. The van der Waals surface area contributed by atoms with Crippen molar-refractivity contribution >= 4 is 39.3 Å². The number of hydrogen-bond donors (Lipinski definition) is 1. The van der Waals surface area contributed by atoms with Crippen LogP contribution < -0.4 is 5.56 Å². The second-order valence-electron chi connectivity index (χ2n) is 6.49. The predicted molar refractivity (Wildman–Crippen MR) is 117 cm³/mol. The lowest BCUT2D eigenvalue weighted by Crippen LogP contribution is -2.13. The highest BCUT2D eigenvalue weighted by atomic mass is 32.2. The Balaban J connectivity index is 1.67. The summed E-state index contributed by atoms with van der Waals surface area (Å²) in [6.07, 6.45) is 1.65. The van der Waals surface area contributed by atoms with E-state index in [1.54, 1.807) is 20.2 Å². The monoisotopic (exact) mass is 441 g/mol. The van der Waals surface area contributed by atoms with Crippen LogP contribution in [-0.4, -0.2) is 37.3 Å². The summed E-state index contributed by atoms with van der Waals surface area (Å²) in [4.78, 5) is 33.3. The molecule has 0 saturated heterocycles. The lowest BCUT2D eigenvalue weighted by Gasteiger charge is -2.11. The molecule has 8 nitrogen and oxygen atoms in total. The van der Waals surface area contributed by atoms with Gasteiger partial charge in [-0.15, -0.1) is 21.5 Å². The first-order chi connectivity index (χ1) is 14.5. The molecule has 3 aromatic heterocycles. The molecule has 1 aromatic carbocycles. The SMILES string of the molecule is CCOC(=O)c1sc2nc([C@@H](C)Sc3nncn3-c3ccccc3)[nH]c(=O)c2c1C. The summed E-state index contributed by atoms with van der Waals surface area (Å²) < 4.78 is 6.97. The minimum atomic E-state index is -0.433. The molecule has 0 fully saturated rings. The first-order valence-corrected chi connectivity index (χ1v) is 11.0. The van der Waals surface area contributed by atoms with Crippen molar-refractivity contribution in [2.24, 2.45) is 0 Å². The maximum atomic E-state index is 12.7. The first-order valence-electron chi connectivity index (χ1n) is 9.32. The minimum Gasteiger partial charge on any atom is -0.462 e. The summed E-state index contributed by atoms with van der Waals surface area (Å²) in [5, 5.41) is 9.14. The average Bonchev–Trinajstić information content (AvgIpc) is 3.33. The van der Waals surface area contributed by atoms with E-state index >= 15 is 0 Å². The largest absolute Gasteiger partial charge is 0.462 e. The molecule has 0 spiro atoms. The Labute approximate surface area is 180 Å². The van der Waals surface area contributed by atoms with Crippen molar-refractivity contribution < 1.29 is 9.53 Å². The number of aromatic amines is 1. The molecule has 154 valence electrons. The lowest BCUT2D eigenvalue weighted by molar-refractivity contribution is 0.0531. The zero-order valence-corrected chi connectivity index (χ0v) is 18.2. The Morgan fingerprint density at radius 1 is 1.33 bits per heavy atom. The van der Waals surface area contributed by atoms with Gasteiger partial charge in [-0.05, 0) is 38.5 Å². The molecule has 0 aliphatic heterocycles. The number of para-hydroxylation sites is 1. The molecule has 0 unspecified atom stereocenters. The van der Waals surface area contributed by atoms with E-state index in [9.17, 15) is 9.59 Å². The number of ether oxygens (including phenoxy) is 1. The Bertz CT molecular complexity index is 1260. The first kappa shape index (κ1) is 20.3. The van der Waals surface area contributed by atoms with Crippen LogP contribution in [-0.2, 0) is 4.74 Å². The topological polar surface area (TPSA) is 103 Å². The quantitative estimate of drug-likeness (QED) is 0.357. The summed E-state index contributed by atoms with van der Waals surface area (Å²) in [6, 6.07) is 9.77. The summed E-state index contributed by atoms with van der Waals surface area (Å²) in [5.41, 5.74) is 1.27. The number of carbonyl (C=O) groups excluding carboxylic acids is 1. The molecule has 10 heteroatoms.